The minimum absolute atomic E-state index is 0.0364. The average Bonchev–Trinajstić information content (AvgIpc) is 3.53. The fraction of sp³-hybridized carbons (Fsp3) is 0.519. The first-order chi connectivity index (χ1) is 16.7. The van der Waals surface area contributed by atoms with Crippen LogP contribution in [0, 0.1) is 0 Å². The Bertz CT molecular complexity index is 1110. The second-order valence-corrected chi connectivity index (χ2v) is 10.8. The van der Waals surface area contributed by atoms with Gasteiger partial charge in [0, 0.05) is 25.6 Å². The zero-order valence-electron chi connectivity index (χ0n) is 19.9. The van der Waals surface area contributed by atoms with E-state index < -0.39 is 0 Å². The lowest BCUT2D eigenvalue weighted by atomic mass is 9.95. The fourth-order valence-electron chi connectivity index (χ4n) is 5.21. The average molecular weight is 479 g/mol. The highest BCUT2D eigenvalue weighted by molar-refractivity contribution is 8.00. The molecule has 1 aromatic heterocycles. The lowest BCUT2D eigenvalue weighted by Gasteiger charge is -2.26. The largest absolute Gasteiger partial charge is 0.376 e. The monoisotopic (exact) mass is 478 g/mol. The zero-order valence-corrected chi connectivity index (χ0v) is 20.7. The Labute approximate surface area is 205 Å². The minimum atomic E-state index is -0.238. The van der Waals surface area contributed by atoms with Crippen molar-refractivity contribution in [3.05, 3.63) is 53.9 Å². The van der Waals surface area contributed by atoms with Crippen LogP contribution < -0.4 is 5.32 Å². The molecule has 0 unspecified atom stereocenters. The predicted octanol–water partition coefficient (Wildman–Crippen LogP) is 5.30. The van der Waals surface area contributed by atoms with Gasteiger partial charge in [-0.2, -0.15) is 0 Å². The van der Waals surface area contributed by atoms with Crippen molar-refractivity contribution in [2.75, 3.05) is 13.2 Å². The number of rotatable bonds is 8. The van der Waals surface area contributed by atoms with Crippen molar-refractivity contribution in [1.29, 1.82) is 0 Å². The molecule has 1 aliphatic heterocycles. The molecule has 2 atom stereocenters. The van der Waals surface area contributed by atoms with E-state index in [9.17, 15) is 4.79 Å². The van der Waals surface area contributed by atoms with Crippen LogP contribution in [0.25, 0.3) is 10.8 Å². The Balaban J connectivity index is 1.36. The number of benzene rings is 2. The molecule has 2 fully saturated rings. The molecule has 5 rings (SSSR count). The molecular weight excluding hydrogens is 444 g/mol. The van der Waals surface area contributed by atoms with Crippen LogP contribution in [0.4, 0.5) is 0 Å². The highest BCUT2D eigenvalue weighted by atomic mass is 32.2. The maximum Gasteiger partial charge on any atom is 0.233 e. The van der Waals surface area contributed by atoms with E-state index in [1.807, 2.05) is 6.92 Å². The Morgan fingerprint density at radius 1 is 1.09 bits per heavy atom. The number of amides is 1. The smallest absolute Gasteiger partial charge is 0.233 e. The molecule has 1 saturated carbocycles. The predicted molar refractivity (Wildman–Crippen MR) is 136 cm³/mol. The summed E-state index contributed by atoms with van der Waals surface area (Å²) in [4.78, 5) is 12.8. The van der Waals surface area contributed by atoms with Crippen molar-refractivity contribution in [3.63, 3.8) is 0 Å². The number of aromatic nitrogens is 3. The molecule has 0 spiro atoms. The summed E-state index contributed by atoms with van der Waals surface area (Å²) in [5.41, 5.74) is 1.27. The van der Waals surface area contributed by atoms with Gasteiger partial charge < -0.3 is 14.6 Å². The molecular formula is C27H34N4O2S. The number of ether oxygens (including phenoxy) is 1. The third-order valence-corrected chi connectivity index (χ3v) is 8.14. The van der Waals surface area contributed by atoms with Gasteiger partial charge in [-0.1, -0.05) is 73.5 Å². The maximum absolute atomic E-state index is 12.8. The van der Waals surface area contributed by atoms with Gasteiger partial charge in [-0.05, 0) is 48.9 Å². The fourth-order valence-corrected chi connectivity index (χ4v) is 6.17. The van der Waals surface area contributed by atoms with Gasteiger partial charge in [0.15, 0.2) is 5.16 Å². The van der Waals surface area contributed by atoms with Crippen LogP contribution in [0.1, 0.15) is 69.3 Å². The zero-order chi connectivity index (χ0) is 23.3. The van der Waals surface area contributed by atoms with Crippen LogP contribution in [-0.2, 0) is 16.0 Å². The van der Waals surface area contributed by atoms with E-state index in [0.29, 0.717) is 12.6 Å². The molecule has 2 heterocycles. The Kier molecular flexibility index (Phi) is 7.50. The third kappa shape index (κ3) is 5.31. The number of carbonyl (C=O) groups is 1. The van der Waals surface area contributed by atoms with Crippen LogP contribution in [0.3, 0.4) is 0 Å². The summed E-state index contributed by atoms with van der Waals surface area (Å²) in [6.45, 7) is 3.35. The van der Waals surface area contributed by atoms with E-state index in [2.05, 4.69) is 62.5 Å². The van der Waals surface area contributed by atoms with Crippen molar-refractivity contribution in [2.24, 2.45) is 0 Å². The summed E-state index contributed by atoms with van der Waals surface area (Å²) >= 11 is 1.53. The molecule has 2 aromatic carbocycles. The molecule has 1 amide bonds. The first kappa shape index (κ1) is 23.4. The van der Waals surface area contributed by atoms with E-state index in [4.69, 9.17) is 4.74 Å². The van der Waals surface area contributed by atoms with Gasteiger partial charge in [-0.3, -0.25) is 4.79 Å². The highest BCUT2D eigenvalue weighted by Crippen LogP contribution is 2.35. The van der Waals surface area contributed by atoms with Crippen LogP contribution in [0.2, 0.25) is 0 Å². The second kappa shape index (κ2) is 10.9. The van der Waals surface area contributed by atoms with Crippen LogP contribution >= 0.6 is 11.8 Å². The number of thioether (sulfide) groups is 1. The van der Waals surface area contributed by atoms with Gasteiger partial charge >= 0.3 is 0 Å². The number of fused-ring (bicyclic) bond motifs is 1. The third-order valence-electron chi connectivity index (χ3n) is 7.08. The van der Waals surface area contributed by atoms with Crippen LogP contribution in [-0.4, -0.2) is 45.2 Å². The molecule has 2 aliphatic rings. The maximum atomic E-state index is 12.8. The summed E-state index contributed by atoms with van der Waals surface area (Å²) in [6.07, 6.45) is 9.05. The van der Waals surface area contributed by atoms with Gasteiger partial charge in [-0.15, -0.1) is 10.2 Å². The van der Waals surface area contributed by atoms with Gasteiger partial charge in [-0.25, -0.2) is 0 Å². The number of carbonyl (C=O) groups excluding carboxylic acids is 1. The Morgan fingerprint density at radius 3 is 2.74 bits per heavy atom. The molecule has 6 nitrogen and oxygen atoms in total. The SMILES string of the molecule is C[C@@H](Sc1nnc(Cc2cccc3ccccc23)n1C1CCCCC1)C(=O)NC[C@@H]1CCCO1. The number of hydrogen-bond acceptors (Lipinski definition) is 5. The molecule has 3 aromatic rings. The summed E-state index contributed by atoms with van der Waals surface area (Å²) < 4.78 is 7.98. The lowest BCUT2D eigenvalue weighted by Crippen LogP contribution is -2.36. The molecule has 0 bridgehead atoms. The minimum Gasteiger partial charge on any atom is -0.376 e. The van der Waals surface area contributed by atoms with Crippen molar-refractivity contribution < 1.29 is 9.53 Å². The van der Waals surface area contributed by atoms with Crippen molar-refractivity contribution in [3.8, 4) is 0 Å². The lowest BCUT2D eigenvalue weighted by molar-refractivity contribution is -0.120. The number of hydrogen-bond donors (Lipinski definition) is 1. The number of nitrogens with zero attached hydrogens (tertiary/aromatic N) is 3. The van der Waals surface area contributed by atoms with E-state index >= 15 is 0 Å². The number of nitrogens with one attached hydrogen (secondary N) is 1. The second-order valence-electron chi connectivity index (χ2n) is 9.52. The van der Waals surface area contributed by atoms with Crippen LogP contribution in [0.15, 0.2) is 47.6 Å². The molecule has 7 heteroatoms. The summed E-state index contributed by atoms with van der Waals surface area (Å²) in [5, 5.41) is 15.5. The van der Waals surface area contributed by atoms with Gasteiger partial charge in [0.05, 0.1) is 11.4 Å². The molecule has 0 radical (unpaired) electrons. The topological polar surface area (TPSA) is 69.0 Å². The standard InChI is InChI=1S/C27H34N4O2S/c1-19(26(32)28-18-23-14-8-16-33-23)34-27-30-29-25(31(27)22-12-3-2-4-13-22)17-21-11-7-10-20-9-5-6-15-24(20)21/h5-7,9-11,15,19,22-23H,2-4,8,12-14,16-18H2,1H3,(H,28,32)/t19-,23+/m1/s1. The van der Waals surface area contributed by atoms with Crippen LogP contribution in [0.5, 0.6) is 0 Å². The normalized spacial score (nSPS) is 20.0. The summed E-state index contributed by atoms with van der Waals surface area (Å²) in [6, 6.07) is 15.4. The van der Waals surface area contributed by atoms with Crippen molar-refractivity contribution in [2.45, 2.75) is 80.8 Å². The van der Waals surface area contributed by atoms with E-state index in [-0.39, 0.29) is 17.3 Å². The molecule has 1 saturated heterocycles. The summed E-state index contributed by atoms with van der Waals surface area (Å²) in [5.74, 6) is 1.03. The summed E-state index contributed by atoms with van der Waals surface area (Å²) in [7, 11) is 0. The Hall–Kier alpha value is -2.38. The van der Waals surface area contributed by atoms with E-state index in [0.717, 1.165) is 49.7 Å². The van der Waals surface area contributed by atoms with E-state index in [1.165, 1.54) is 47.4 Å². The first-order valence-corrected chi connectivity index (χ1v) is 13.5. The molecule has 34 heavy (non-hydrogen) atoms. The van der Waals surface area contributed by atoms with Gasteiger partial charge in [0.1, 0.15) is 5.82 Å². The van der Waals surface area contributed by atoms with Crippen molar-refractivity contribution >= 4 is 28.4 Å². The van der Waals surface area contributed by atoms with Gasteiger partial charge in [0.2, 0.25) is 5.91 Å². The quantitative estimate of drug-likeness (QED) is 0.445. The molecule has 180 valence electrons. The highest BCUT2D eigenvalue weighted by Gasteiger charge is 2.26. The Morgan fingerprint density at radius 2 is 1.91 bits per heavy atom. The first-order valence-electron chi connectivity index (χ1n) is 12.7. The van der Waals surface area contributed by atoms with Gasteiger partial charge in [0.25, 0.3) is 0 Å². The van der Waals surface area contributed by atoms with E-state index in [1.54, 1.807) is 0 Å². The van der Waals surface area contributed by atoms with Crippen molar-refractivity contribution in [1.82, 2.24) is 20.1 Å². The molecule has 1 N–H and O–H groups in total. The molecule has 1 aliphatic carbocycles.